The molecule has 0 aromatic carbocycles. The van der Waals surface area contributed by atoms with Crippen LogP contribution < -0.4 is 0 Å². The first kappa shape index (κ1) is 62.5. The maximum absolute atomic E-state index is 7.24. The SMILES string of the molecule is CCC1O[C@@H]2O[C@@H]3C(CC)O[C@H](O[C@@H]4C(CC)O[C@H](O[C@@H]5C(CC)O[C@H](O[C@@H]6C(CC)O[C@H](O[C@@H]7C(CC)O[C@H](O[C@@H]8C(CC)O[C@H](C[C@H]1C(C)[C@H]2C)[C@H](C)C8C)[C@H](C)C7C)[C@H](C)C6C)[C@H](C)C5C)[C@H](C)C4C)[C@H](C)C3C. The van der Waals surface area contributed by atoms with Crippen LogP contribution in [-0.2, 0) is 61.6 Å². The first-order valence-electron chi connectivity index (χ1n) is 32.2. The number of hydrogen-bond acceptors (Lipinski definition) is 13. The van der Waals surface area contributed by atoms with Gasteiger partial charge in [-0.25, -0.2) is 0 Å². The lowest BCUT2D eigenvalue weighted by Gasteiger charge is -2.53. The molecule has 21 aliphatic rings. The van der Waals surface area contributed by atoms with Gasteiger partial charge in [-0.05, 0) is 105 Å². The Balaban J connectivity index is 1.08. The first-order valence-corrected chi connectivity index (χ1v) is 32.2. The van der Waals surface area contributed by atoms with E-state index in [9.17, 15) is 0 Å². The molecular formula is C64H114O13. The van der Waals surface area contributed by atoms with Crippen LogP contribution in [0.2, 0.25) is 0 Å². The Hall–Kier alpha value is -0.520. The van der Waals surface area contributed by atoms with E-state index in [-0.39, 0.29) is 175 Å². The Labute approximate surface area is 468 Å². The Morgan fingerprint density at radius 1 is 0.208 bits per heavy atom. The second-order valence-corrected chi connectivity index (χ2v) is 26.9. The third kappa shape index (κ3) is 12.4. The van der Waals surface area contributed by atoms with Gasteiger partial charge in [0.05, 0.1) is 85.5 Å². The highest BCUT2D eigenvalue weighted by Crippen LogP contribution is 2.49. The van der Waals surface area contributed by atoms with Crippen LogP contribution in [0.15, 0.2) is 0 Å². The van der Waals surface area contributed by atoms with E-state index in [1.54, 1.807) is 0 Å². The van der Waals surface area contributed by atoms with Crippen molar-refractivity contribution in [2.75, 3.05) is 0 Å². The summed E-state index contributed by atoms with van der Waals surface area (Å²) in [4.78, 5) is 0. The van der Waals surface area contributed by atoms with Crippen molar-refractivity contribution >= 4 is 0 Å². The normalized spacial score (nSPS) is 55.4. The molecule has 0 aliphatic carbocycles. The summed E-state index contributed by atoms with van der Waals surface area (Å²) in [5, 5.41) is 0. The molecule has 21 saturated heterocycles. The maximum Gasteiger partial charge on any atom is 0.161 e. The molecule has 21 aliphatic heterocycles. The van der Waals surface area contributed by atoms with Crippen LogP contribution in [-0.4, -0.2) is 123 Å². The predicted octanol–water partition coefficient (Wildman–Crippen LogP) is 13.2. The van der Waals surface area contributed by atoms with E-state index in [0.29, 0.717) is 11.8 Å². The van der Waals surface area contributed by atoms with Gasteiger partial charge in [-0.3, -0.25) is 0 Å². The van der Waals surface area contributed by atoms with Gasteiger partial charge in [-0.1, -0.05) is 145 Å². The molecule has 13 nitrogen and oxygen atoms in total. The van der Waals surface area contributed by atoms with E-state index in [2.05, 4.69) is 145 Å². The van der Waals surface area contributed by atoms with E-state index >= 15 is 0 Å². The van der Waals surface area contributed by atoms with Gasteiger partial charge >= 0.3 is 0 Å². The molecule has 21 rings (SSSR count). The molecule has 21 fully saturated rings. The van der Waals surface area contributed by atoms with E-state index in [0.717, 1.165) is 51.4 Å². The zero-order chi connectivity index (χ0) is 56.1. The molecule has 0 N–H and O–H groups in total. The Morgan fingerprint density at radius 3 is 0.636 bits per heavy atom. The van der Waals surface area contributed by atoms with E-state index < -0.39 is 25.2 Å². The molecule has 0 radical (unpaired) electrons. The van der Waals surface area contributed by atoms with E-state index in [1.165, 1.54) is 0 Å². The monoisotopic (exact) mass is 1090 g/mol. The Bertz CT molecular complexity index is 1440. The summed E-state index contributed by atoms with van der Waals surface area (Å²) in [6, 6.07) is 0. The summed E-state index contributed by atoms with van der Waals surface area (Å²) in [6.07, 6.45) is 2.85. The molecular weight excluding hydrogens is 977 g/mol. The molecule has 14 bridgehead atoms. The van der Waals surface area contributed by atoms with Crippen LogP contribution >= 0.6 is 0 Å². The van der Waals surface area contributed by atoms with Crippen molar-refractivity contribution in [3.8, 4) is 0 Å². The molecule has 0 saturated carbocycles. The molecule has 21 heterocycles. The quantitative estimate of drug-likeness (QED) is 0.241. The standard InChI is InChI=1S/C64H114O13/c1-22-45-44-29-52-31(9)32(10)53(46(23-2)65-52)72-60-39(17)34(12)55(48(25-4)67-60)74-62-41(19)36(14)57(50(27-6)69-62)76-64-43(21)37(15)58(51(28-7)71-64)77-63-42(20)35(13)56(49(26-5)70-63)75-61-40(18)33(11)54(47(24-3)68-61)73-59(66-45)38(16)30(44)8/h30-64H,22-29H2,1-21H3/t30?,31-,32?,33?,34?,35?,36?,37?,38-,39-,40-,41-,42-,43-,44+,45?,46?,47?,48?,49?,50?,51?,52-,53+,54+,55+,56+,57+,58+,59-,60-,61-,62-,63-,64-/m1/s1. The average Bonchev–Trinajstić information content (AvgIpc) is 3.47. The lowest BCUT2D eigenvalue weighted by Crippen LogP contribution is -2.60. The lowest BCUT2D eigenvalue weighted by atomic mass is 9.71. The smallest absolute Gasteiger partial charge is 0.161 e. The van der Waals surface area contributed by atoms with Crippen LogP contribution in [0.5, 0.6) is 0 Å². The summed E-state index contributed by atoms with van der Waals surface area (Å²) in [7, 11) is 0. The van der Waals surface area contributed by atoms with Crippen molar-refractivity contribution in [1.29, 1.82) is 0 Å². The van der Waals surface area contributed by atoms with Crippen molar-refractivity contribution in [2.24, 2.45) is 88.8 Å². The van der Waals surface area contributed by atoms with Crippen LogP contribution in [0, 0.1) is 88.8 Å². The van der Waals surface area contributed by atoms with Gasteiger partial charge in [-0.2, -0.15) is 0 Å². The third-order valence-corrected chi connectivity index (χ3v) is 22.7. The van der Waals surface area contributed by atoms with Crippen molar-refractivity contribution in [3.05, 3.63) is 0 Å². The van der Waals surface area contributed by atoms with E-state index in [4.69, 9.17) is 61.6 Å². The van der Waals surface area contributed by atoms with Crippen LogP contribution in [0.1, 0.15) is 197 Å². The Morgan fingerprint density at radius 2 is 0.403 bits per heavy atom. The Kier molecular flexibility index (Phi) is 21.6. The molecule has 77 heavy (non-hydrogen) atoms. The number of hydrogen-bond donors (Lipinski definition) is 0. The van der Waals surface area contributed by atoms with Crippen molar-refractivity contribution in [1.82, 2.24) is 0 Å². The second-order valence-electron chi connectivity index (χ2n) is 26.9. The minimum Gasteiger partial charge on any atom is -0.372 e. The third-order valence-electron chi connectivity index (χ3n) is 22.7. The average molecular weight is 1090 g/mol. The molecule has 0 aromatic heterocycles. The highest BCUT2D eigenvalue weighted by atomic mass is 16.8. The summed E-state index contributed by atoms with van der Waals surface area (Å²) in [5.74, 6) is 2.58. The lowest BCUT2D eigenvalue weighted by molar-refractivity contribution is -0.368. The van der Waals surface area contributed by atoms with Gasteiger partial charge in [0.25, 0.3) is 0 Å². The van der Waals surface area contributed by atoms with Gasteiger partial charge in [0, 0.05) is 35.5 Å². The fraction of sp³-hybridized carbons (Fsp3) is 1.00. The minimum atomic E-state index is -0.409. The van der Waals surface area contributed by atoms with Gasteiger partial charge in [-0.15, -0.1) is 0 Å². The maximum atomic E-state index is 7.24. The zero-order valence-corrected chi connectivity index (χ0v) is 52.2. The van der Waals surface area contributed by atoms with Gasteiger partial charge in [0.15, 0.2) is 37.7 Å². The molecule has 35 atom stereocenters. The molecule has 448 valence electrons. The van der Waals surface area contributed by atoms with Gasteiger partial charge in [0.2, 0.25) is 0 Å². The van der Waals surface area contributed by atoms with Crippen molar-refractivity contribution in [2.45, 2.75) is 320 Å². The number of ether oxygens (including phenoxy) is 13. The summed E-state index contributed by atoms with van der Waals surface area (Å²) >= 11 is 0. The highest BCUT2D eigenvalue weighted by Gasteiger charge is 2.55. The second kappa shape index (κ2) is 26.6. The minimum absolute atomic E-state index is 0.0467. The fourth-order valence-corrected chi connectivity index (χ4v) is 15.5. The number of rotatable bonds is 7. The molecule has 0 spiro atoms. The summed E-state index contributed by atoms with van der Waals surface area (Å²) in [5.41, 5.74) is 0. The zero-order valence-electron chi connectivity index (χ0n) is 52.2. The first-order chi connectivity index (χ1) is 36.7. The molecule has 13 heteroatoms. The van der Waals surface area contributed by atoms with E-state index in [1.807, 2.05) is 0 Å². The fourth-order valence-electron chi connectivity index (χ4n) is 15.5. The van der Waals surface area contributed by atoms with Crippen LogP contribution in [0.3, 0.4) is 0 Å². The largest absolute Gasteiger partial charge is 0.372 e. The molecule has 0 amide bonds. The topological polar surface area (TPSA) is 120 Å². The summed E-state index contributed by atoms with van der Waals surface area (Å²) < 4.78 is 92.8. The van der Waals surface area contributed by atoms with Gasteiger partial charge in [0.1, 0.15) is 0 Å². The van der Waals surface area contributed by atoms with Crippen molar-refractivity contribution < 1.29 is 61.6 Å². The van der Waals surface area contributed by atoms with Crippen molar-refractivity contribution in [3.63, 3.8) is 0 Å². The van der Waals surface area contributed by atoms with Gasteiger partial charge < -0.3 is 61.6 Å². The molecule has 14 unspecified atom stereocenters. The highest BCUT2D eigenvalue weighted by molar-refractivity contribution is 4.98. The van der Waals surface area contributed by atoms with Crippen LogP contribution in [0.4, 0.5) is 0 Å². The predicted molar refractivity (Wildman–Crippen MR) is 298 cm³/mol. The van der Waals surface area contributed by atoms with Crippen LogP contribution in [0.25, 0.3) is 0 Å². The summed E-state index contributed by atoms with van der Waals surface area (Å²) in [6.45, 7) is 47.9. The molecule has 0 aromatic rings.